The minimum absolute atomic E-state index is 0.00676. The summed E-state index contributed by atoms with van der Waals surface area (Å²) in [4.78, 5) is 16.7. The molecule has 27 heavy (non-hydrogen) atoms. The summed E-state index contributed by atoms with van der Waals surface area (Å²) in [7, 11) is 0. The molecule has 140 valence electrons. The summed E-state index contributed by atoms with van der Waals surface area (Å²) in [6.07, 6.45) is 0.941. The second-order valence-electron chi connectivity index (χ2n) is 6.56. The van der Waals surface area contributed by atoms with Gasteiger partial charge in [-0.15, -0.1) is 0 Å². The van der Waals surface area contributed by atoms with Crippen molar-refractivity contribution in [2.24, 2.45) is 0 Å². The number of nitriles is 1. The van der Waals surface area contributed by atoms with Crippen molar-refractivity contribution in [2.75, 3.05) is 32.8 Å². The minimum atomic E-state index is -0.00676. The Kier molecular flexibility index (Phi) is 6.69. The molecule has 0 N–H and O–H groups in total. The van der Waals surface area contributed by atoms with Gasteiger partial charge in [-0.05, 0) is 48.4 Å². The van der Waals surface area contributed by atoms with Crippen LogP contribution in [0.4, 0.5) is 0 Å². The molecular weight excluding hydrogens is 362 g/mol. The third kappa shape index (κ3) is 5.72. The van der Waals surface area contributed by atoms with Gasteiger partial charge in [0.1, 0.15) is 5.75 Å². The van der Waals surface area contributed by atoms with Crippen LogP contribution in [0.2, 0.25) is 5.02 Å². The van der Waals surface area contributed by atoms with Crippen molar-refractivity contribution in [1.29, 1.82) is 5.26 Å². The summed E-state index contributed by atoms with van der Waals surface area (Å²) < 4.78 is 5.57. The maximum Gasteiger partial charge on any atom is 0.260 e. The van der Waals surface area contributed by atoms with Crippen LogP contribution in [0.15, 0.2) is 48.5 Å². The number of amides is 1. The predicted molar refractivity (Wildman–Crippen MR) is 105 cm³/mol. The molecule has 1 amide bonds. The number of benzene rings is 2. The Bertz CT molecular complexity index is 800. The topological polar surface area (TPSA) is 56.6 Å². The lowest BCUT2D eigenvalue weighted by Gasteiger charge is -2.22. The van der Waals surface area contributed by atoms with Crippen LogP contribution in [0.1, 0.15) is 17.5 Å². The maximum absolute atomic E-state index is 12.5. The molecule has 0 aromatic heterocycles. The van der Waals surface area contributed by atoms with Crippen molar-refractivity contribution in [3.63, 3.8) is 0 Å². The second kappa shape index (κ2) is 9.40. The van der Waals surface area contributed by atoms with Gasteiger partial charge in [0, 0.05) is 37.7 Å². The number of halogens is 1. The number of hydrogen-bond acceptors (Lipinski definition) is 4. The molecular formula is C21H22ClN3O2. The fourth-order valence-electron chi connectivity index (χ4n) is 3.09. The molecule has 2 aromatic rings. The fraction of sp³-hybridized carbons (Fsp3) is 0.333. The van der Waals surface area contributed by atoms with E-state index in [1.54, 1.807) is 24.3 Å². The molecule has 0 radical (unpaired) electrons. The van der Waals surface area contributed by atoms with Crippen molar-refractivity contribution in [3.05, 3.63) is 64.7 Å². The Labute approximate surface area is 164 Å². The third-order valence-electron chi connectivity index (χ3n) is 4.61. The maximum atomic E-state index is 12.5. The molecule has 0 unspecified atom stereocenters. The van der Waals surface area contributed by atoms with Crippen molar-refractivity contribution < 1.29 is 9.53 Å². The van der Waals surface area contributed by atoms with Gasteiger partial charge < -0.3 is 9.64 Å². The molecule has 5 nitrogen and oxygen atoms in total. The molecule has 0 saturated carbocycles. The summed E-state index contributed by atoms with van der Waals surface area (Å²) in [5.41, 5.74) is 1.80. The Morgan fingerprint density at radius 2 is 1.78 bits per heavy atom. The van der Waals surface area contributed by atoms with Gasteiger partial charge in [0.25, 0.3) is 5.91 Å². The molecule has 1 fully saturated rings. The molecule has 3 rings (SSSR count). The standard InChI is InChI=1S/C21H22ClN3O2/c22-19-6-2-18(3-7-19)15-24-10-1-11-25(13-12-24)21(26)16-27-20-8-4-17(14-23)5-9-20/h2-9H,1,10-13,15-16H2. The smallest absolute Gasteiger partial charge is 0.260 e. The number of ether oxygens (including phenoxy) is 1. The summed E-state index contributed by atoms with van der Waals surface area (Å²) >= 11 is 5.94. The van der Waals surface area contributed by atoms with Crippen molar-refractivity contribution in [1.82, 2.24) is 9.80 Å². The van der Waals surface area contributed by atoms with Crippen LogP contribution in [0.3, 0.4) is 0 Å². The number of carbonyl (C=O) groups excluding carboxylic acids is 1. The quantitative estimate of drug-likeness (QED) is 0.794. The molecule has 6 heteroatoms. The summed E-state index contributed by atoms with van der Waals surface area (Å²) in [5.74, 6) is 0.592. The van der Waals surface area contributed by atoms with E-state index in [-0.39, 0.29) is 12.5 Å². The van der Waals surface area contributed by atoms with Gasteiger partial charge in [-0.25, -0.2) is 0 Å². The highest BCUT2D eigenvalue weighted by atomic mass is 35.5. The van der Waals surface area contributed by atoms with E-state index in [0.717, 1.165) is 37.6 Å². The zero-order chi connectivity index (χ0) is 19.1. The molecule has 1 aliphatic heterocycles. The molecule has 1 heterocycles. The minimum Gasteiger partial charge on any atom is -0.484 e. The number of rotatable bonds is 5. The zero-order valence-corrected chi connectivity index (χ0v) is 15.9. The van der Waals surface area contributed by atoms with Crippen molar-refractivity contribution >= 4 is 17.5 Å². The van der Waals surface area contributed by atoms with Crippen LogP contribution in [-0.2, 0) is 11.3 Å². The van der Waals surface area contributed by atoms with Gasteiger partial charge >= 0.3 is 0 Å². The lowest BCUT2D eigenvalue weighted by atomic mass is 10.2. The Hall–Kier alpha value is -2.55. The fourth-order valence-corrected chi connectivity index (χ4v) is 3.21. The SMILES string of the molecule is N#Cc1ccc(OCC(=O)N2CCCN(Cc3ccc(Cl)cc3)CC2)cc1. The van der Waals surface area contributed by atoms with Crippen molar-refractivity contribution in [3.8, 4) is 11.8 Å². The van der Waals surface area contributed by atoms with Gasteiger partial charge in [-0.2, -0.15) is 5.26 Å². The van der Waals surface area contributed by atoms with E-state index in [1.807, 2.05) is 29.2 Å². The number of nitrogens with zero attached hydrogens (tertiary/aromatic N) is 3. The van der Waals surface area contributed by atoms with E-state index >= 15 is 0 Å². The predicted octanol–water partition coefficient (Wildman–Crippen LogP) is 3.32. The average Bonchev–Trinajstić information content (AvgIpc) is 2.94. The molecule has 0 spiro atoms. The van der Waals surface area contributed by atoms with E-state index in [4.69, 9.17) is 21.6 Å². The van der Waals surface area contributed by atoms with E-state index in [1.165, 1.54) is 5.56 Å². The first-order chi connectivity index (χ1) is 13.1. The summed E-state index contributed by atoms with van der Waals surface area (Å²) in [6, 6.07) is 16.7. The molecule has 0 aliphatic carbocycles. The van der Waals surface area contributed by atoms with Crippen LogP contribution < -0.4 is 4.74 Å². The number of hydrogen-bond donors (Lipinski definition) is 0. The highest BCUT2D eigenvalue weighted by molar-refractivity contribution is 6.30. The summed E-state index contributed by atoms with van der Waals surface area (Å²) in [5, 5.41) is 9.55. The molecule has 1 aliphatic rings. The van der Waals surface area contributed by atoms with Gasteiger partial charge in [0.2, 0.25) is 0 Å². The first-order valence-corrected chi connectivity index (χ1v) is 9.39. The Balaban J connectivity index is 1.47. The Morgan fingerprint density at radius 3 is 2.48 bits per heavy atom. The lowest BCUT2D eigenvalue weighted by Crippen LogP contribution is -2.38. The molecule has 2 aromatic carbocycles. The monoisotopic (exact) mass is 383 g/mol. The van der Waals surface area contributed by atoms with Gasteiger partial charge in [-0.3, -0.25) is 9.69 Å². The van der Waals surface area contributed by atoms with E-state index < -0.39 is 0 Å². The van der Waals surface area contributed by atoms with Crippen LogP contribution in [0.5, 0.6) is 5.75 Å². The normalized spacial score (nSPS) is 15.0. The Morgan fingerprint density at radius 1 is 1.04 bits per heavy atom. The van der Waals surface area contributed by atoms with Crippen LogP contribution in [0, 0.1) is 11.3 Å². The zero-order valence-electron chi connectivity index (χ0n) is 15.1. The molecule has 0 atom stereocenters. The van der Waals surface area contributed by atoms with Crippen molar-refractivity contribution in [2.45, 2.75) is 13.0 Å². The largest absolute Gasteiger partial charge is 0.484 e. The first-order valence-electron chi connectivity index (χ1n) is 9.01. The lowest BCUT2D eigenvalue weighted by molar-refractivity contribution is -0.133. The summed E-state index contributed by atoms with van der Waals surface area (Å²) in [6.45, 7) is 4.12. The first kappa shape index (κ1) is 19.2. The van der Waals surface area contributed by atoms with Crippen LogP contribution in [-0.4, -0.2) is 48.5 Å². The molecule has 1 saturated heterocycles. The van der Waals surface area contributed by atoms with Crippen LogP contribution in [0.25, 0.3) is 0 Å². The third-order valence-corrected chi connectivity index (χ3v) is 4.86. The van der Waals surface area contributed by atoms with E-state index in [0.29, 0.717) is 17.9 Å². The number of carbonyl (C=O) groups is 1. The van der Waals surface area contributed by atoms with E-state index in [2.05, 4.69) is 11.0 Å². The highest BCUT2D eigenvalue weighted by Gasteiger charge is 2.19. The molecule has 0 bridgehead atoms. The second-order valence-corrected chi connectivity index (χ2v) is 7.00. The highest BCUT2D eigenvalue weighted by Crippen LogP contribution is 2.14. The van der Waals surface area contributed by atoms with Gasteiger partial charge in [-0.1, -0.05) is 23.7 Å². The van der Waals surface area contributed by atoms with Crippen LogP contribution >= 0.6 is 11.6 Å². The van der Waals surface area contributed by atoms with Gasteiger partial charge in [0.15, 0.2) is 6.61 Å². The average molecular weight is 384 g/mol. The van der Waals surface area contributed by atoms with Gasteiger partial charge in [0.05, 0.1) is 11.6 Å². The van der Waals surface area contributed by atoms with E-state index in [9.17, 15) is 4.79 Å².